The zero-order valence-electron chi connectivity index (χ0n) is 10.4. The van der Waals surface area contributed by atoms with Crippen LogP contribution in [0.3, 0.4) is 0 Å². The van der Waals surface area contributed by atoms with Gasteiger partial charge in [0.1, 0.15) is 5.75 Å². The number of methoxy groups -OCH3 is 1. The molecule has 1 aromatic carbocycles. The van der Waals surface area contributed by atoms with Crippen molar-refractivity contribution in [2.24, 2.45) is 0 Å². The Labute approximate surface area is 107 Å². The highest BCUT2D eigenvalue weighted by Gasteiger charge is 2.34. The van der Waals surface area contributed by atoms with Crippen molar-refractivity contribution in [3.05, 3.63) is 29.3 Å². The van der Waals surface area contributed by atoms with Crippen LogP contribution in [0, 0.1) is 0 Å². The zero-order chi connectivity index (χ0) is 11.8. The van der Waals surface area contributed by atoms with E-state index < -0.39 is 0 Å². The van der Waals surface area contributed by atoms with Gasteiger partial charge in [0.15, 0.2) is 0 Å². The van der Waals surface area contributed by atoms with Gasteiger partial charge in [0, 0.05) is 23.1 Å². The van der Waals surface area contributed by atoms with Gasteiger partial charge >= 0.3 is 0 Å². The lowest BCUT2D eigenvalue weighted by Gasteiger charge is -2.40. The molecule has 1 saturated heterocycles. The Morgan fingerprint density at radius 1 is 1.41 bits per heavy atom. The smallest absolute Gasteiger partial charge is 0.119 e. The van der Waals surface area contributed by atoms with E-state index in [2.05, 4.69) is 42.2 Å². The van der Waals surface area contributed by atoms with Gasteiger partial charge in [-0.1, -0.05) is 13.0 Å². The summed E-state index contributed by atoms with van der Waals surface area (Å²) in [5.41, 5.74) is 2.95. The minimum Gasteiger partial charge on any atom is -0.497 e. The highest BCUT2D eigenvalue weighted by Crippen LogP contribution is 2.41. The van der Waals surface area contributed by atoms with Crippen LogP contribution in [0.5, 0.6) is 5.75 Å². The van der Waals surface area contributed by atoms with Crippen molar-refractivity contribution in [2.45, 2.75) is 36.3 Å². The van der Waals surface area contributed by atoms with Crippen LogP contribution < -0.4 is 10.1 Å². The van der Waals surface area contributed by atoms with Gasteiger partial charge in [-0.15, -0.1) is 0 Å². The second kappa shape index (κ2) is 4.54. The van der Waals surface area contributed by atoms with Crippen LogP contribution in [0.25, 0.3) is 0 Å². The van der Waals surface area contributed by atoms with E-state index in [9.17, 15) is 0 Å². The number of hydrogen-bond acceptors (Lipinski definition) is 3. The number of thioether (sulfide) groups is 1. The Bertz CT molecular complexity index is 421. The molecule has 1 N–H and O–H groups in total. The van der Waals surface area contributed by atoms with Crippen LogP contribution in [0.2, 0.25) is 0 Å². The van der Waals surface area contributed by atoms with Crippen LogP contribution in [0.15, 0.2) is 18.2 Å². The molecule has 0 radical (unpaired) electrons. The maximum atomic E-state index is 5.31. The molecule has 2 nitrogen and oxygen atoms in total. The second-order valence-electron chi connectivity index (χ2n) is 4.97. The molecule has 1 aromatic rings. The van der Waals surface area contributed by atoms with E-state index in [1.165, 1.54) is 24.0 Å². The topological polar surface area (TPSA) is 21.3 Å². The van der Waals surface area contributed by atoms with Crippen LogP contribution in [-0.4, -0.2) is 24.2 Å². The average Bonchev–Trinajstić information content (AvgIpc) is 2.37. The molecule has 3 unspecified atom stereocenters. The summed E-state index contributed by atoms with van der Waals surface area (Å²) in [4.78, 5) is 0. The Morgan fingerprint density at radius 3 is 3.12 bits per heavy atom. The standard InChI is InChI=1S/C14H19NOS/c1-9-8-15-14-12-5-4-11(16-2)7-10(12)3-6-13(14)17-9/h4-5,7,9,13-15H,3,6,8H2,1-2H3. The molecule has 1 aliphatic carbocycles. The summed E-state index contributed by atoms with van der Waals surface area (Å²) in [6.07, 6.45) is 2.47. The molecule has 1 aliphatic heterocycles. The molecule has 1 heterocycles. The van der Waals surface area contributed by atoms with E-state index in [0.29, 0.717) is 6.04 Å². The molecule has 0 spiro atoms. The molecule has 0 bridgehead atoms. The van der Waals surface area contributed by atoms with Crippen LogP contribution >= 0.6 is 11.8 Å². The van der Waals surface area contributed by atoms with E-state index in [1.807, 2.05) is 0 Å². The lowest BCUT2D eigenvalue weighted by molar-refractivity contribution is 0.410. The van der Waals surface area contributed by atoms with Crippen LogP contribution in [-0.2, 0) is 6.42 Å². The minimum absolute atomic E-state index is 0.547. The van der Waals surface area contributed by atoms with Gasteiger partial charge in [-0.2, -0.15) is 11.8 Å². The van der Waals surface area contributed by atoms with E-state index in [4.69, 9.17) is 4.74 Å². The summed E-state index contributed by atoms with van der Waals surface area (Å²) in [6, 6.07) is 7.08. The molecular weight excluding hydrogens is 230 g/mol. The van der Waals surface area contributed by atoms with Crippen molar-refractivity contribution in [1.29, 1.82) is 0 Å². The predicted octanol–water partition coefficient (Wildman–Crippen LogP) is 2.78. The lowest BCUT2D eigenvalue weighted by Crippen LogP contribution is -2.42. The van der Waals surface area contributed by atoms with Gasteiger partial charge < -0.3 is 10.1 Å². The molecule has 3 atom stereocenters. The second-order valence-corrected chi connectivity index (χ2v) is 6.66. The number of ether oxygens (including phenoxy) is 1. The summed E-state index contributed by atoms with van der Waals surface area (Å²) in [6.45, 7) is 3.44. The van der Waals surface area contributed by atoms with Crippen molar-refractivity contribution < 1.29 is 4.74 Å². The summed E-state index contributed by atoms with van der Waals surface area (Å²) in [5, 5.41) is 5.20. The maximum Gasteiger partial charge on any atom is 0.119 e. The van der Waals surface area contributed by atoms with Crippen LogP contribution in [0.4, 0.5) is 0 Å². The van der Waals surface area contributed by atoms with E-state index >= 15 is 0 Å². The van der Waals surface area contributed by atoms with Gasteiger partial charge in [0.2, 0.25) is 0 Å². The Kier molecular flexibility index (Phi) is 3.05. The number of fused-ring (bicyclic) bond motifs is 3. The first-order chi connectivity index (χ1) is 8.28. The highest BCUT2D eigenvalue weighted by atomic mass is 32.2. The van der Waals surface area contributed by atoms with Gasteiger partial charge in [-0.25, -0.2) is 0 Å². The largest absolute Gasteiger partial charge is 0.497 e. The molecule has 0 amide bonds. The molecular formula is C14H19NOS. The van der Waals surface area contributed by atoms with E-state index in [-0.39, 0.29) is 0 Å². The summed E-state index contributed by atoms with van der Waals surface area (Å²) in [5.74, 6) is 0.985. The summed E-state index contributed by atoms with van der Waals surface area (Å²) >= 11 is 2.15. The van der Waals surface area contributed by atoms with Crippen molar-refractivity contribution in [3.8, 4) is 5.75 Å². The molecule has 0 aromatic heterocycles. The molecule has 17 heavy (non-hydrogen) atoms. The first-order valence-corrected chi connectivity index (χ1v) is 7.28. The Hall–Kier alpha value is -0.670. The molecule has 3 rings (SSSR count). The third-order valence-corrected chi connectivity index (χ3v) is 5.28. The van der Waals surface area contributed by atoms with Crippen molar-refractivity contribution in [3.63, 3.8) is 0 Å². The molecule has 92 valence electrons. The van der Waals surface area contributed by atoms with Crippen LogP contribution in [0.1, 0.15) is 30.5 Å². The van der Waals surface area contributed by atoms with Gasteiger partial charge in [-0.05, 0) is 36.1 Å². The van der Waals surface area contributed by atoms with Crippen molar-refractivity contribution >= 4 is 11.8 Å². The maximum absolute atomic E-state index is 5.31. The van der Waals surface area contributed by atoms with Gasteiger partial charge in [-0.3, -0.25) is 0 Å². The fourth-order valence-corrected chi connectivity index (χ4v) is 4.36. The van der Waals surface area contributed by atoms with Crippen molar-refractivity contribution in [1.82, 2.24) is 5.32 Å². The molecule has 3 heteroatoms. The molecule has 2 aliphatic rings. The molecule has 0 saturated carbocycles. The SMILES string of the molecule is COc1ccc2c(c1)CCC1SC(C)CNC21. The van der Waals surface area contributed by atoms with Crippen molar-refractivity contribution in [2.75, 3.05) is 13.7 Å². The third-order valence-electron chi connectivity index (χ3n) is 3.79. The number of rotatable bonds is 1. The zero-order valence-corrected chi connectivity index (χ0v) is 11.2. The number of aryl methyl sites for hydroxylation is 1. The first-order valence-electron chi connectivity index (χ1n) is 6.33. The lowest BCUT2D eigenvalue weighted by atomic mass is 9.87. The summed E-state index contributed by atoms with van der Waals surface area (Å²) < 4.78 is 5.31. The Balaban J connectivity index is 1.91. The van der Waals surface area contributed by atoms with Gasteiger partial charge in [0.25, 0.3) is 0 Å². The quantitative estimate of drug-likeness (QED) is 0.827. The molecule has 1 fully saturated rings. The summed E-state index contributed by atoms with van der Waals surface area (Å²) in [7, 11) is 1.74. The van der Waals surface area contributed by atoms with E-state index in [0.717, 1.165) is 22.8 Å². The number of benzene rings is 1. The minimum atomic E-state index is 0.547. The first kappa shape index (κ1) is 11.4. The number of hydrogen-bond donors (Lipinski definition) is 1. The Morgan fingerprint density at radius 2 is 2.29 bits per heavy atom. The predicted molar refractivity (Wildman–Crippen MR) is 72.9 cm³/mol. The fourth-order valence-electron chi connectivity index (χ4n) is 2.92. The highest BCUT2D eigenvalue weighted by molar-refractivity contribution is 8.00. The third kappa shape index (κ3) is 2.06. The normalized spacial score (nSPS) is 31.5. The van der Waals surface area contributed by atoms with E-state index in [1.54, 1.807) is 7.11 Å². The number of nitrogens with one attached hydrogen (secondary N) is 1. The van der Waals surface area contributed by atoms with Gasteiger partial charge in [0.05, 0.1) is 7.11 Å². The fraction of sp³-hybridized carbons (Fsp3) is 0.571. The monoisotopic (exact) mass is 249 g/mol. The average molecular weight is 249 g/mol.